The second-order valence-corrected chi connectivity index (χ2v) is 5.44. The summed E-state index contributed by atoms with van der Waals surface area (Å²) in [5, 5.41) is 3.41. The zero-order chi connectivity index (χ0) is 17.8. The number of benzene rings is 2. The summed E-state index contributed by atoms with van der Waals surface area (Å²) in [6.07, 6.45) is 1.62. The molecular weight excluding hydrogens is 320 g/mol. The predicted molar refractivity (Wildman–Crippen MR) is 96.4 cm³/mol. The molecule has 6 nitrogen and oxygen atoms in total. The van der Waals surface area contributed by atoms with Crippen LogP contribution in [0.25, 0.3) is 10.9 Å². The first-order chi connectivity index (χ1) is 12.1. The zero-order valence-electron chi connectivity index (χ0n) is 14.0. The highest BCUT2D eigenvalue weighted by molar-refractivity contribution is 5.92. The molecule has 0 unspecified atom stereocenters. The number of rotatable bonds is 5. The van der Waals surface area contributed by atoms with Gasteiger partial charge in [-0.05, 0) is 24.3 Å². The first-order valence-electron chi connectivity index (χ1n) is 7.72. The average Bonchev–Trinajstić information content (AvgIpc) is 2.64. The second kappa shape index (κ2) is 7.09. The molecular formula is C19H18N2O4. The van der Waals surface area contributed by atoms with Crippen LogP contribution in [0.3, 0.4) is 0 Å². The lowest BCUT2D eigenvalue weighted by Crippen LogP contribution is -2.20. The molecule has 0 saturated carbocycles. The maximum Gasteiger partial charge on any atom is 0.244 e. The SMILES string of the molecule is COc1ccc(NC(=O)Cn2ccc(=O)c3ccccc32)cc1OC. The van der Waals surface area contributed by atoms with Crippen LogP contribution in [-0.4, -0.2) is 24.7 Å². The fourth-order valence-electron chi connectivity index (χ4n) is 2.67. The maximum absolute atomic E-state index is 12.4. The molecule has 0 bridgehead atoms. The highest BCUT2D eigenvalue weighted by Crippen LogP contribution is 2.29. The normalized spacial score (nSPS) is 10.5. The van der Waals surface area contributed by atoms with Gasteiger partial charge >= 0.3 is 0 Å². The number of nitrogens with zero attached hydrogens (tertiary/aromatic N) is 1. The highest BCUT2D eigenvalue weighted by atomic mass is 16.5. The summed E-state index contributed by atoms with van der Waals surface area (Å²) in [4.78, 5) is 24.3. The Morgan fingerprint density at radius 2 is 1.80 bits per heavy atom. The van der Waals surface area contributed by atoms with Gasteiger partial charge in [-0.3, -0.25) is 9.59 Å². The summed E-state index contributed by atoms with van der Waals surface area (Å²) < 4.78 is 12.2. The van der Waals surface area contributed by atoms with E-state index in [1.807, 2.05) is 12.1 Å². The summed E-state index contributed by atoms with van der Waals surface area (Å²) in [5.41, 5.74) is 1.26. The molecule has 1 heterocycles. The quantitative estimate of drug-likeness (QED) is 0.776. The Morgan fingerprint density at radius 1 is 1.04 bits per heavy atom. The second-order valence-electron chi connectivity index (χ2n) is 5.44. The van der Waals surface area contributed by atoms with Gasteiger partial charge in [-0.25, -0.2) is 0 Å². The van der Waals surface area contributed by atoms with Crippen LogP contribution in [0.2, 0.25) is 0 Å². The maximum atomic E-state index is 12.4. The van der Waals surface area contributed by atoms with E-state index in [-0.39, 0.29) is 17.9 Å². The van der Waals surface area contributed by atoms with E-state index in [1.54, 1.807) is 48.2 Å². The topological polar surface area (TPSA) is 69.6 Å². The molecule has 0 spiro atoms. The number of methoxy groups -OCH3 is 2. The minimum atomic E-state index is -0.207. The van der Waals surface area contributed by atoms with Crippen molar-refractivity contribution in [2.24, 2.45) is 0 Å². The van der Waals surface area contributed by atoms with Crippen molar-refractivity contribution >= 4 is 22.5 Å². The number of ether oxygens (including phenoxy) is 2. The average molecular weight is 338 g/mol. The summed E-state index contributed by atoms with van der Waals surface area (Å²) in [6, 6.07) is 13.8. The molecule has 1 N–H and O–H groups in total. The van der Waals surface area contributed by atoms with Gasteiger partial charge in [0.05, 0.1) is 19.7 Å². The Bertz CT molecular complexity index is 979. The molecule has 0 saturated heterocycles. The van der Waals surface area contributed by atoms with Crippen LogP contribution in [-0.2, 0) is 11.3 Å². The van der Waals surface area contributed by atoms with Gasteiger partial charge in [-0.15, -0.1) is 0 Å². The molecule has 3 rings (SSSR count). The lowest BCUT2D eigenvalue weighted by Gasteiger charge is -2.13. The molecule has 1 aromatic heterocycles. The summed E-state index contributed by atoms with van der Waals surface area (Å²) in [7, 11) is 3.09. The molecule has 0 fully saturated rings. The van der Waals surface area contributed by atoms with Crippen LogP contribution in [0.4, 0.5) is 5.69 Å². The van der Waals surface area contributed by atoms with E-state index in [0.717, 1.165) is 5.52 Å². The number of amides is 1. The summed E-state index contributed by atoms with van der Waals surface area (Å²) in [6.45, 7) is 0.0924. The number of nitrogens with one attached hydrogen (secondary N) is 1. The number of hydrogen-bond donors (Lipinski definition) is 1. The summed E-state index contributed by atoms with van der Waals surface area (Å²) >= 11 is 0. The Hall–Kier alpha value is -3.28. The van der Waals surface area contributed by atoms with Gasteiger partial charge in [0.25, 0.3) is 0 Å². The van der Waals surface area contributed by atoms with Crippen LogP contribution >= 0.6 is 0 Å². The van der Waals surface area contributed by atoms with Gasteiger partial charge in [-0.2, -0.15) is 0 Å². The Labute approximate surface area is 144 Å². The largest absolute Gasteiger partial charge is 0.493 e. The number of hydrogen-bond acceptors (Lipinski definition) is 4. The van der Waals surface area contributed by atoms with Crippen LogP contribution in [0, 0.1) is 0 Å². The number of carbonyl (C=O) groups is 1. The van der Waals surface area contributed by atoms with Crippen LogP contribution in [0.5, 0.6) is 11.5 Å². The van der Waals surface area contributed by atoms with Crippen molar-refractivity contribution in [2.75, 3.05) is 19.5 Å². The molecule has 3 aromatic rings. The van der Waals surface area contributed by atoms with E-state index in [0.29, 0.717) is 22.6 Å². The first-order valence-corrected chi connectivity index (χ1v) is 7.72. The first kappa shape index (κ1) is 16.6. The fourth-order valence-corrected chi connectivity index (χ4v) is 2.67. The molecule has 25 heavy (non-hydrogen) atoms. The van der Waals surface area contributed by atoms with Gasteiger partial charge < -0.3 is 19.4 Å². The molecule has 6 heteroatoms. The van der Waals surface area contributed by atoms with Crippen molar-refractivity contribution in [3.63, 3.8) is 0 Å². The zero-order valence-corrected chi connectivity index (χ0v) is 14.0. The number of aromatic nitrogens is 1. The minimum Gasteiger partial charge on any atom is -0.493 e. The van der Waals surface area contributed by atoms with Crippen molar-refractivity contribution in [1.82, 2.24) is 4.57 Å². The van der Waals surface area contributed by atoms with Crippen LogP contribution in [0.15, 0.2) is 59.5 Å². The standard InChI is InChI=1S/C19H18N2O4/c1-24-17-8-7-13(11-18(17)25-2)20-19(23)12-21-10-9-16(22)14-5-3-4-6-15(14)21/h3-11H,12H2,1-2H3,(H,20,23). The van der Waals surface area contributed by atoms with Crippen molar-refractivity contribution in [2.45, 2.75) is 6.54 Å². The molecule has 0 aliphatic rings. The Balaban J connectivity index is 1.82. The molecule has 0 radical (unpaired) electrons. The van der Waals surface area contributed by atoms with E-state index >= 15 is 0 Å². The number of pyridine rings is 1. The Kier molecular flexibility index (Phi) is 4.70. The fraction of sp³-hybridized carbons (Fsp3) is 0.158. The molecule has 2 aromatic carbocycles. The van der Waals surface area contributed by atoms with Gasteiger partial charge in [0.2, 0.25) is 5.91 Å². The smallest absolute Gasteiger partial charge is 0.244 e. The van der Waals surface area contributed by atoms with Gasteiger partial charge in [0.15, 0.2) is 16.9 Å². The van der Waals surface area contributed by atoms with E-state index in [4.69, 9.17) is 9.47 Å². The number of fused-ring (bicyclic) bond motifs is 1. The van der Waals surface area contributed by atoms with Gasteiger partial charge in [-0.1, -0.05) is 12.1 Å². The number of carbonyl (C=O) groups excluding carboxylic acids is 1. The number of anilines is 1. The molecule has 128 valence electrons. The third-order valence-corrected chi connectivity index (χ3v) is 3.87. The van der Waals surface area contributed by atoms with Crippen molar-refractivity contribution < 1.29 is 14.3 Å². The van der Waals surface area contributed by atoms with Crippen LogP contribution in [0.1, 0.15) is 0 Å². The molecule has 0 aliphatic carbocycles. The Morgan fingerprint density at radius 3 is 2.56 bits per heavy atom. The van der Waals surface area contributed by atoms with E-state index in [2.05, 4.69) is 5.32 Å². The van der Waals surface area contributed by atoms with E-state index < -0.39 is 0 Å². The van der Waals surface area contributed by atoms with Gasteiger partial charge in [0, 0.05) is 29.4 Å². The predicted octanol–water partition coefficient (Wildman–Crippen LogP) is 2.66. The van der Waals surface area contributed by atoms with E-state index in [9.17, 15) is 9.59 Å². The highest BCUT2D eigenvalue weighted by Gasteiger charge is 2.09. The summed E-state index contributed by atoms with van der Waals surface area (Å²) in [5.74, 6) is 0.919. The third-order valence-electron chi connectivity index (χ3n) is 3.87. The molecule has 0 atom stereocenters. The van der Waals surface area contributed by atoms with E-state index in [1.165, 1.54) is 13.2 Å². The van der Waals surface area contributed by atoms with Crippen molar-refractivity contribution in [3.05, 3.63) is 65.0 Å². The molecule has 0 aliphatic heterocycles. The number of para-hydroxylation sites is 1. The van der Waals surface area contributed by atoms with Crippen molar-refractivity contribution in [1.29, 1.82) is 0 Å². The lowest BCUT2D eigenvalue weighted by molar-refractivity contribution is -0.116. The lowest BCUT2D eigenvalue weighted by atomic mass is 10.2. The third kappa shape index (κ3) is 3.47. The minimum absolute atomic E-state index is 0.0628. The van der Waals surface area contributed by atoms with Crippen molar-refractivity contribution in [3.8, 4) is 11.5 Å². The van der Waals surface area contributed by atoms with Crippen LogP contribution < -0.4 is 20.2 Å². The monoisotopic (exact) mass is 338 g/mol. The molecule has 1 amide bonds. The van der Waals surface area contributed by atoms with Gasteiger partial charge in [0.1, 0.15) is 6.54 Å².